The van der Waals surface area contributed by atoms with Crippen molar-refractivity contribution in [1.82, 2.24) is 10.6 Å². The second-order valence-electron chi connectivity index (χ2n) is 4.74. The van der Waals surface area contributed by atoms with Crippen molar-refractivity contribution in [1.29, 1.82) is 0 Å². The van der Waals surface area contributed by atoms with Gasteiger partial charge in [-0.15, -0.1) is 0 Å². The third-order valence-corrected chi connectivity index (χ3v) is 2.91. The molecule has 1 unspecified atom stereocenters. The van der Waals surface area contributed by atoms with Crippen LogP contribution in [0.3, 0.4) is 0 Å². The summed E-state index contributed by atoms with van der Waals surface area (Å²) in [4.78, 5) is 0. The molecular weight excluding hydrogens is 176 g/mol. The fourth-order valence-corrected chi connectivity index (χ4v) is 1.72. The standard InChI is InChI=1S/C11H24N2O/c1-11(2,14-3)9-12-8-10-6-4-5-7-13-10/h10,12-13H,4-9H2,1-3H3. The van der Waals surface area contributed by atoms with E-state index >= 15 is 0 Å². The van der Waals surface area contributed by atoms with Gasteiger partial charge in [0.1, 0.15) is 0 Å². The van der Waals surface area contributed by atoms with Crippen LogP contribution in [0.25, 0.3) is 0 Å². The fourth-order valence-electron chi connectivity index (χ4n) is 1.72. The summed E-state index contributed by atoms with van der Waals surface area (Å²) in [5, 5.41) is 6.98. The lowest BCUT2D eigenvalue weighted by atomic mass is 10.0. The molecule has 0 amide bonds. The molecule has 0 spiro atoms. The van der Waals surface area contributed by atoms with E-state index in [-0.39, 0.29) is 5.60 Å². The summed E-state index contributed by atoms with van der Waals surface area (Å²) in [6, 6.07) is 0.663. The molecule has 0 aromatic rings. The summed E-state index contributed by atoms with van der Waals surface area (Å²) >= 11 is 0. The zero-order valence-electron chi connectivity index (χ0n) is 9.73. The Labute approximate surface area is 87.6 Å². The average Bonchev–Trinajstić information content (AvgIpc) is 2.19. The van der Waals surface area contributed by atoms with E-state index in [9.17, 15) is 0 Å². The van der Waals surface area contributed by atoms with Gasteiger partial charge in [-0.3, -0.25) is 0 Å². The smallest absolute Gasteiger partial charge is 0.0746 e. The summed E-state index contributed by atoms with van der Waals surface area (Å²) in [5.74, 6) is 0. The predicted octanol–water partition coefficient (Wildman–Crippen LogP) is 1.14. The number of methoxy groups -OCH3 is 1. The number of piperidine rings is 1. The maximum absolute atomic E-state index is 5.34. The molecule has 0 bridgehead atoms. The number of hydrogen-bond acceptors (Lipinski definition) is 3. The molecule has 1 heterocycles. The fraction of sp³-hybridized carbons (Fsp3) is 1.00. The van der Waals surface area contributed by atoms with Crippen molar-refractivity contribution < 1.29 is 4.74 Å². The van der Waals surface area contributed by atoms with Gasteiger partial charge in [0.05, 0.1) is 5.60 Å². The number of ether oxygens (including phenoxy) is 1. The molecule has 0 aromatic carbocycles. The molecule has 84 valence electrons. The van der Waals surface area contributed by atoms with Crippen LogP contribution in [-0.2, 0) is 4.74 Å². The number of rotatable bonds is 5. The van der Waals surface area contributed by atoms with Crippen LogP contribution in [0.15, 0.2) is 0 Å². The zero-order chi connectivity index (χ0) is 10.4. The zero-order valence-corrected chi connectivity index (χ0v) is 9.73. The largest absolute Gasteiger partial charge is 0.377 e. The van der Waals surface area contributed by atoms with Crippen LogP contribution in [0.4, 0.5) is 0 Å². The van der Waals surface area contributed by atoms with E-state index < -0.39 is 0 Å². The van der Waals surface area contributed by atoms with E-state index in [1.165, 1.54) is 25.8 Å². The second-order valence-corrected chi connectivity index (χ2v) is 4.74. The van der Waals surface area contributed by atoms with E-state index in [0.29, 0.717) is 6.04 Å². The van der Waals surface area contributed by atoms with Crippen molar-refractivity contribution in [3.63, 3.8) is 0 Å². The van der Waals surface area contributed by atoms with Gasteiger partial charge in [-0.05, 0) is 33.2 Å². The summed E-state index contributed by atoms with van der Waals surface area (Å²) in [6.45, 7) is 7.37. The molecule has 0 aliphatic carbocycles. The van der Waals surface area contributed by atoms with Crippen LogP contribution in [0.1, 0.15) is 33.1 Å². The van der Waals surface area contributed by atoms with Gasteiger partial charge in [-0.2, -0.15) is 0 Å². The molecule has 0 radical (unpaired) electrons. The maximum atomic E-state index is 5.34. The normalized spacial score (nSPS) is 23.8. The highest BCUT2D eigenvalue weighted by Crippen LogP contribution is 2.07. The highest BCUT2D eigenvalue weighted by atomic mass is 16.5. The number of hydrogen-bond donors (Lipinski definition) is 2. The average molecular weight is 200 g/mol. The van der Waals surface area contributed by atoms with Gasteiger partial charge in [0.15, 0.2) is 0 Å². The molecule has 1 fully saturated rings. The lowest BCUT2D eigenvalue weighted by Crippen LogP contribution is -2.45. The third-order valence-electron chi connectivity index (χ3n) is 2.91. The van der Waals surface area contributed by atoms with Gasteiger partial charge in [0, 0.05) is 26.2 Å². The van der Waals surface area contributed by atoms with E-state index in [2.05, 4.69) is 24.5 Å². The van der Waals surface area contributed by atoms with E-state index in [0.717, 1.165) is 13.1 Å². The Morgan fingerprint density at radius 3 is 2.79 bits per heavy atom. The van der Waals surface area contributed by atoms with Gasteiger partial charge >= 0.3 is 0 Å². The molecular formula is C11H24N2O. The highest BCUT2D eigenvalue weighted by molar-refractivity contribution is 4.77. The van der Waals surface area contributed by atoms with Crippen LogP contribution in [0, 0.1) is 0 Å². The first-order valence-electron chi connectivity index (χ1n) is 5.63. The highest BCUT2D eigenvalue weighted by Gasteiger charge is 2.17. The van der Waals surface area contributed by atoms with Crippen molar-refractivity contribution in [2.75, 3.05) is 26.7 Å². The molecule has 1 rings (SSSR count). The van der Waals surface area contributed by atoms with Gasteiger partial charge < -0.3 is 15.4 Å². The van der Waals surface area contributed by atoms with E-state index in [1.807, 2.05) is 0 Å². The van der Waals surface area contributed by atoms with Gasteiger partial charge in [-0.25, -0.2) is 0 Å². The van der Waals surface area contributed by atoms with Crippen LogP contribution >= 0.6 is 0 Å². The van der Waals surface area contributed by atoms with Crippen LogP contribution in [0.5, 0.6) is 0 Å². The third kappa shape index (κ3) is 4.40. The van der Waals surface area contributed by atoms with Gasteiger partial charge in [0.25, 0.3) is 0 Å². The van der Waals surface area contributed by atoms with Gasteiger partial charge in [-0.1, -0.05) is 6.42 Å². The van der Waals surface area contributed by atoms with Crippen molar-refractivity contribution in [2.24, 2.45) is 0 Å². The molecule has 3 heteroatoms. The molecule has 0 saturated carbocycles. The van der Waals surface area contributed by atoms with Crippen LogP contribution < -0.4 is 10.6 Å². The van der Waals surface area contributed by atoms with Crippen molar-refractivity contribution in [2.45, 2.75) is 44.8 Å². The molecule has 1 aliphatic heterocycles. The van der Waals surface area contributed by atoms with Crippen molar-refractivity contribution in [3.8, 4) is 0 Å². The summed E-state index contributed by atoms with van der Waals surface area (Å²) in [7, 11) is 1.76. The molecule has 1 aliphatic rings. The minimum atomic E-state index is -0.0470. The Kier molecular flexibility index (Phi) is 4.85. The minimum absolute atomic E-state index is 0.0470. The molecule has 0 aromatic heterocycles. The van der Waals surface area contributed by atoms with Crippen molar-refractivity contribution in [3.05, 3.63) is 0 Å². The topological polar surface area (TPSA) is 33.3 Å². The maximum Gasteiger partial charge on any atom is 0.0746 e. The first kappa shape index (κ1) is 12.0. The van der Waals surface area contributed by atoms with Gasteiger partial charge in [0.2, 0.25) is 0 Å². The molecule has 2 N–H and O–H groups in total. The van der Waals surface area contributed by atoms with Crippen LogP contribution in [0.2, 0.25) is 0 Å². The van der Waals surface area contributed by atoms with E-state index in [4.69, 9.17) is 4.74 Å². The molecule has 3 nitrogen and oxygen atoms in total. The Bertz CT molecular complexity index is 153. The number of nitrogens with one attached hydrogen (secondary N) is 2. The molecule has 14 heavy (non-hydrogen) atoms. The lowest BCUT2D eigenvalue weighted by molar-refractivity contribution is 0.0229. The quantitative estimate of drug-likeness (QED) is 0.698. The summed E-state index contributed by atoms with van der Waals surface area (Å²) < 4.78 is 5.34. The summed E-state index contributed by atoms with van der Waals surface area (Å²) in [6.07, 6.45) is 4.01. The summed E-state index contributed by atoms with van der Waals surface area (Å²) in [5.41, 5.74) is -0.0470. The Balaban J connectivity index is 2.08. The second kappa shape index (κ2) is 5.69. The Morgan fingerprint density at radius 1 is 1.43 bits per heavy atom. The first-order chi connectivity index (χ1) is 6.64. The Hall–Kier alpha value is -0.120. The Morgan fingerprint density at radius 2 is 2.21 bits per heavy atom. The molecule has 1 atom stereocenters. The lowest BCUT2D eigenvalue weighted by Gasteiger charge is -2.27. The molecule has 1 saturated heterocycles. The predicted molar refractivity (Wildman–Crippen MR) is 59.6 cm³/mol. The SMILES string of the molecule is COC(C)(C)CNCC1CCCCN1. The minimum Gasteiger partial charge on any atom is -0.377 e. The van der Waals surface area contributed by atoms with Crippen molar-refractivity contribution >= 4 is 0 Å². The monoisotopic (exact) mass is 200 g/mol. The van der Waals surface area contributed by atoms with Crippen LogP contribution in [-0.4, -0.2) is 38.4 Å². The van der Waals surface area contributed by atoms with E-state index in [1.54, 1.807) is 7.11 Å². The first-order valence-corrected chi connectivity index (χ1v) is 5.63.